The molecule has 0 spiro atoms. The zero-order valence-corrected chi connectivity index (χ0v) is 29.1. The Labute approximate surface area is 288 Å². The number of aromatic nitrogens is 2. The number of carbonyl (C=O) groups is 1. The average molecular weight is 692 g/mol. The van der Waals surface area contributed by atoms with Crippen LogP contribution in [-0.4, -0.2) is 137 Å². The zero-order chi connectivity index (χ0) is 34.8. The molecule has 3 heterocycles. The molecule has 1 saturated heterocycles. The van der Waals surface area contributed by atoms with Crippen LogP contribution in [0.5, 0.6) is 0 Å². The highest BCUT2D eigenvalue weighted by Crippen LogP contribution is 2.39. The van der Waals surface area contributed by atoms with Crippen LogP contribution in [0.1, 0.15) is 30.5 Å². The van der Waals surface area contributed by atoms with Crippen molar-refractivity contribution in [3.8, 4) is 5.69 Å². The number of benzene rings is 1. The third-order valence-electron chi connectivity index (χ3n) is 8.48. The Balaban J connectivity index is 1.65. The molecule has 4 rings (SSSR count). The third-order valence-corrected chi connectivity index (χ3v) is 8.48. The molecule has 3 atom stereocenters. The van der Waals surface area contributed by atoms with Gasteiger partial charge >= 0.3 is 0 Å². The number of nitrogens with zero attached hydrogens (tertiary/aromatic N) is 3. The van der Waals surface area contributed by atoms with E-state index in [-0.39, 0.29) is 36.4 Å². The van der Waals surface area contributed by atoms with Crippen molar-refractivity contribution < 1.29 is 47.8 Å². The second-order valence-electron chi connectivity index (χ2n) is 11.6. The molecule has 0 radical (unpaired) electrons. The summed E-state index contributed by atoms with van der Waals surface area (Å²) >= 11 is 0. The lowest BCUT2D eigenvalue weighted by Crippen LogP contribution is -2.43. The van der Waals surface area contributed by atoms with Gasteiger partial charge in [-0.15, -0.1) is 0 Å². The Morgan fingerprint density at radius 3 is 2.06 bits per heavy atom. The number of aliphatic hydroxyl groups is 1. The van der Waals surface area contributed by atoms with E-state index in [0.29, 0.717) is 104 Å². The average Bonchev–Trinajstić information content (AvgIpc) is 3.32. The summed E-state index contributed by atoms with van der Waals surface area (Å²) in [5, 5.41) is 8.96. The van der Waals surface area contributed by atoms with Crippen molar-refractivity contribution in [3.05, 3.63) is 63.8 Å². The highest BCUT2D eigenvalue weighted by molar-refractivity contribution is 5.91. The summed E-state index contributed by atoms with van der Waals surface area (Å²) in [6, 6.07) is 9.46. The summed E-state index contributed by atoms with van der Waals surface area (Å²) in [5.74, 6) is -1.10. The van der Waals surface area contributed by atoms with Crippen LogP contribution in [0, 0.1) is 12.8 Å². The number of aliphatic hydroxyl groups excluding tert-OH is 1. The first-order valence-electron chi connectivity index (χ1n) is 17.2. The van der Waals surface area contributed by atoms with Crippen LogP contribution in [0.4, 0.5) is 0 Å². The minimum atomic E-state index is -0.817. The minimum Gasteiger partial charge on any atom is -0.459 e. The second-order valence-corrected chi connectivity index (χ2v) is 11.6. The number of rotatable bonds is 13. The lowest BCUT2D eigenvalue weighted by Gasteiger charge is -2.37. The van der Waals surface area contributed by atoms with E-state index in [1.54, 1.807) is 15.7 Å². The Bertz CT molecular complexity index is 1330. The molecule has 2 aliphatic heterocycles. The van der Waals surface area contributed by atoms with E-state index in [0.717, 1.165) is 11.4 Å². The molecule has 0 saturated carbocycles. The summed E-state index contributed by atoms with van der Waals surface area (Å²) in [5.41, 5.74) is 1.88. The van der Waals surface area contributed by atoms with Gasteiger partial charge in [0.25, 0.3) is 11.5 Å². The normalized spacial score (nSPS) is 21.8. The molecule has 14 heteroatoms. The van der Waals surface area contributed by atoms with Crippen LogP contribution < -0.4 is 5.56 Å². The smallest absolute Gasteiger partial charge is 0.288 e. The topological polar surface area (TPSA) is 141 Å². The molecular weight excluding hydrogens is 638 g/mol. The van der Waals surface area contributed by atoms with E-state index in [9.17, 15) is 9.59 Å². The van der Waals surface area contributed by atoms with E-state index in [1.807, 2.05) is 55.9 Å². The summed E-state index contributed by atoms with van der Waals surface area (Å²) < 4.78 is 49.7. The molecule has 2 aromatic rings. The molecule has 0 unspecified atom stereocenters. The number of ether oxygens (including phenoxy) is 8. The van der Waals surface area contributed by atoms with Gasteiger partial charge in [0.05, 0.1) is 85.0 Å². The fourth-order valence-electron chi connectivity index (χ4n) is 5.93. The van der Waals surface area contributed by atoms with Crippen LogP contribution >= 0.6 is 0 Å². The Kier molecular flexibility index (Phi) is 16.8. The van der Waals surface area contributed by atoms with Gasteiger partial charge in [-0.25, -0.2) is 4.68 Å². The fraction of sp³-hybridized carbons (Fsp3) is 0.657. The third kappa shape index (κ3) is 11.2. The number of allylic oxidation sites excluding steroid dienone is 1. The largest absolute Gasteiger partial charge is 0.459 e. The van der Waals surface area contributed by atoms with Gasteiger partial charge in [0.1, 0.15) is 0 Å². The van der Waals surface area contributed by atoms with Crippen molar-refractivity contribution in [3.63, 3.8) is 0 Å². The van der Waals surface area contributed by atoms with Crippen LogP contribution in [-0.2, 0) is 49.7 Å². The van der Waals surface area contributed by atoms with Crippen molar-refractivity contribution in [2.24, 2.45) is 13.0 Å². The number of amides is 1. The van der Waals surface area contributed by atoms with E-state index >= 15 is 0 Å². The molecule has 14 nitrogen and oxygen atoms in total. The standard InChI is InChI=1S/C35H53N3O11/c1-4-48-35-29(10-14-42-18-21-45-17-13-39)30(32-27(2)36(3)38(34(32)41)28-8-6-5-7-9-28)26-31(49-35)33(40)37-11-15-43-19-22-46-24-25-47-23-20-44-16-12-37/h5-9,26,29-30,35,39H,4,10-25H2,1-3H3/t29-,30-,35+/m1/s1. The molecule has 1 amide bonds. The van der Waals surface area contributed by atoms with Crippen molar-refractivity contribution in [1.29, 1.82) is 0 Å². The molecular formula is C35H53N3O11. The van der Waals surface area contributed by atoms with Crippen LogP contribution in [0.25, 0.3) is 5.69 Å². The Hall–Kier alpha value is -3.08. The summed E-state index contributed by atoms with van der Waals surface area (Å²) in [6.45, 7) is 9.18. The van der Waals surface area contributed by atoms with Crippen molar-refractivity contribution in [2.75, 3.05) is 106 Å². The maximum absolute atomic E-state index is 14.3. The predicted molar refractivity (Wildman–Crippen MR) is 180 cm³/mol. The van der Waals surface area contributed by atoms with Gasteiger partial charge in [-0.3, -0.25) is 14.3 Å². The molecule has 1 fully saturated rings. The van der Waals surface area contributed by atoms with E-state index in [2.05, 4.69) is 0 Å². The minimum absolute atomic E-state index is 0.0527. The van der Waals surface area contributed by atoms with Crippen LogP contribution in [0.15, 0.2) is 47.0 Å². The van der Waals surface area contributed by atoms with Gasteiger partial charge in [0.2, 0.25) is 6.29 Å². The van der Waals surface area contributed by atoms with Gasteiger partial charge in [-0.05, 0) is 38.5 Å². The molecule has 1 aromatic heterocycles. The first-order valence-corrected chi connectivity index (χ1v) is 17.2. The lowest BCUT2D eigenvalue weighted by atomic mass is 9.81. The van der Waals surface area contributed by atoms with Gasteiger partial charge < -0.3 is 47.9 Å². The van der Waals surface area contributed by atoms with Crippen molar-refractivity contribution in [2.45, 2.75) is 32.5 Å². The van der Waals surface area contributed by atoms with Crippen molar-refractivity contribution >= 4 is 5.91 Å². The summed E-state index contributed by atoms with van der Waals surface area (Å²) in [6.07, 6.45) is 1.44. The number of hydrogen-bond donors (Lipinski definition) is 1. The number of hydrogen-bond acceptors (Lipinski definition) is 11. The van der Waals surface area contributed by atoms with E-state index in [4.69, 9.17) is 43.0 Å². The monoisotopic (exact) mass is 691 g/mol. The van der Waals surface area contributed by atoms with Gasteiger partial charge in [0.15, 0.2) is 5.76 Å². The zero-order valence-electron chi connectivity index (χ0n) is 29.1. The van der Waals surface area contributed by atoms with Gasteiger partial charge in [-0.2, -0.15) is 0 Å². The molecule has 1 aromatic carbocycles. The Morgan fingerprint density at radius 2 is 1.47 bits per heavy atom. The maximum atomic E-state index is 14.3. The Morgan fingerprint density at radius 1 is 0.878 bits per heavy atom. The van der Waals surface area contributed by atoms with E-state index < -0.39 is 12.2 Å². The molecule has 0 bridgehead atoms. The SMILES string of the molecule is CCO[C@H]1OC(C(=O)N2CCOCCOCCOCCOCC2)=C[C@@H](c2c(C)n(C)n(-c3ccccc3)c2=O)[C@H]1CCOCCOCCO. The first-order chi connectivity index (χ1) is 24.0. The summed E-state index contributed by atoms with van der Waals surface area (Å²) in [7, 11) is 1.85. The van der Waals surface area contributed by atoms with Crippen molar-refractivity contribution in [1.82, 2.24) is 14.3 Å². The molecule has 0 aliphatic carbocycles. The summed E-state index contributed by atoms with van der Waals surface area (Å²) in [4.78, 5) is 30.1. The van der Waals surface area contributed by atoms with Gasteiger partial charge in [0, 0.05) is 56.4 Å². The fourth-order valence-corrected chi connectivity index (χ4v) is 5.93. The predicted octanol–water partition coefficient (Wildman–Crippen LogP) is 1.79. The van der Waals surface area contributed by atoms with Crippen LogP contribution in [0.2, 0.25) is 0 Å². The first kappa shape index (κ1) is 38.7. The maximum Gasteiger partial charge on any atom is 0.288 e. The quantitative estimate of drug-likeness (QED) is 0.308. The molecule has 2 aliphatic rings. The molecule has 274 valence electrons. The molecule has 49 heavy (non-hydrogen) atoms. The van der Waals surface area contributed by atoms with Crippen LogP contribution in [0.3, 0.4) is 0 Å². The highest BCUT2D eigenvalue weighted by Gasteiger charge is 2.41. The van der Waals surface area contributed by atoms with Gasteiger partial charge in [-0.1, -0.05) is 18.2 Å². The lowest BCUT2D eigenvalue weighted by molar-refractivity contribution is -0.172. The second kappa shape index (κ2) is 21.2. The number of carbonyl (C=O) groups excluding carboxylic acids is 1. The molecule has 1 N–H and O–H groups in total. The van der Waals surface area contributed by atoms with E-state index in [1.165, 1.54) is 0 Å². The number of para-hydroxylation sites is 1. The highest BCUT2D eigenvalue weighted by atomic mass is 16.7.